The molecule has 0 amide bonds. The van der Waals surface area contributed by atoms with Gasteiger partial charge in [0.1, 0.15) is 0 Å². The number of hydrogen-bond donors (Lipinski definition) is 0. The molecule has 2 heterocycles. The fourth-order valence-corrected chi connectivity index (χ4v) is 12.7. The Hall–Kier alpha value is -0.594. The number of thiophene rings is 1. The Bertz CT molecular complexity index is 812. The Morgan fingerprint density at radius 3 is 2.23 bits per heavy atom. The molecule has 3 rings (SSSR count). The zero-order valence-corrected chi connectivity index (χ0v) is 21.8. The Kier molecular flexibility index (Phi) is 5.76. The summed E-state index contributed by atoms with van der Waals surface area (Å²) in [4.78, 5) is 12.2. The molecule has 2 nitrogen and oxygen atoms in total. The molecule has 140 valence electrons. The van der Waals surface area contributed by atoms with Gasteiger partial charge in [-0.3, -0.25) is 0 Å². The molecule has 2 aromatic rings. The molecule has 0 unspecified atom stereocenters. The molecule has 26 heavy (non-hydrogen) atoms. The molecule has 1 atom stereocenters. The summed E-state index contributed by atoms with van der Waals surface area (Å²) in [5, 5.41) is 0. The third kappa shape index (κ3) is 4.28. The van der Waals surface area contributed by atoms with Crippen molar-refractivity contribution in [2.24, 2.45) is 4.99 Å². The molecule has 0 fully saturated rings. The van der Waals surface area contributed by atoms with Crippen molar-refractivity contribution in [3.63, 3.8) is 0 Å². The monoisotopic (exact) mass is 493 g/mol. The topological polar surface area (TPSA) is 21.6 Å². The average Bonchev–Trinajstić information content (AvgIpc) is 3.21. The second kappa shape index (κ2) is 7.44. The first kappa shape index (κ1) is 20.1. The molecule has 1 aliphatic rings. The van der Waals surface area contributed by atoms with E-state index in [1.807, 2.05) is 0 Å². The van der Waals surface area contributed by atoms with Crippen LogP contribution >= 0.6 is 11.3 Å². The zero-order valence-electron chi connectivity index (χ0n) is 17.1. The van der Waals surface area contributed by atoms with Gasteiger partial charge in [0.25, 0.3) is 0 Å². The van der Waals surface area contributed by atoms with Gasteiger partial charge in [0.05, 0.1) is 0 Å². The van der Waals surface area contributed by atoms with E-state index in [-0.39, 0.29) is 0 Å². The standard InChI is InChI=1S/C18H22NOSSi.3CH3.Sn/c1-5-15-12-20-17(19-15)14-8-6-13(7-9-14)16-10-11-21-18(16)22(2,3)4;;;;/h6-10,15H,5,12H2,1-4H3;3*1H3;/t15-;;;;/m1..../s1. The minimum absolute atomic E-state index is 0.321. The van der Waals surface area contributed by atoms with Gasteiger partial charge in [-0.25, -0.2) is 0 Å². The van der Waals surface area contributed by atoms with E-state index in [9.17, 15) is 0 Å². The summed E-state index contributed by atoms with van der Waals surface area (Å²) in [5.41, 5.74) is 3.92. The van der Waals surface area contributed by atoms with Crippen molar-refractivity contribution in [3.8, 4) is 11.1 Å². The average molecular weight is 492 g/mol. The third-order valence-electron chi connectivity index (χ3n) is 4.78. The van der Waals surface area contributed by atoms with Crippen LogP contribution in [0.5, 0.6) is 0 Å². The van der Waals surface area contributed by atoms with Crippen molar-refractivity contribution < 1.29 is 4.74 Å². The Morgan fingerprint density at radius 1 is 1.12 bits per heavy atom. The first-order chi connectivity index (χ1) is 12.1. The SMILES string of the molecule is CC[C@@H]1COC(c2ccc(-c3c[c]([Sn]([CH3])([CH3])[CH3])sc3[Si](C)(C)C)cc2)=N1. The maximum atomic E-state index is 5.78. The molecule has 0 spiro atoms. The van der Waals surface area contributed by atoms with Gasteiger partial charge in [-0.05, 0) is 0 Å². The van der Waals surface area contributed by atoms with Crippen LogP contribution in [0.25, 0.3) is 11.1 Å². The van der Waals surface area contributed by atoms with E-state index in [0.717, 1.165) is 24.5 Å². The van der Waals surface area contributed by atoms with Gasteiger partial charge in [0.15, 0.2) is 0 Å². The number of nitrogens with zero attached hydrogens (tertiary/aromatic N) is 1. The van der Waals surface area contributed by atoms with E-state index >= 15 is 0 Å². The van der Waals surface area contributed by atoms with E-state index in [1.165, 1.54) is 11.1 Å². The Labute approximate surface area is 167 Å². The number of aliphatic imine (C=N–C) groups is 1. The van der Waals surface area contributed by atoms with E-state index < -0.39 is 26.5 Å². The summed E-state index contributed by atoms with van der Waals surface area (Å²) >= 11 is 0.0461. The van der Waals surface area contributed by atoms with Gasteiger partial charge in [0, 0.05) is 0 Å². The van der Waals surface area contributed by atoms with Crippen LogP contribution < -0.4 is 7.39 Å². The second-order valence-corrected chi connectivity index (χ2v) is 31.1. The number of ether oxygens (including phenoxy) is 1. The zero-order chi connectivity index (χ0) is 19.1. The van der Waals surface area contributed by atoms with E-state index in [2.05, 4.69) is 88.0 Å². The van der Waals surface area contributed by atoms with Gasteiger partial charge in [-0.15, -0.1) is 0 Å². The van der Waals surface area contributed by atoms with Crippen molar-refractivity contribution in [1.29, 1.82) is 0 Å². The number of benzene rings is 1. The summed E-state index contributed by atoms with van der Waals surface area (Å²) in [5.74, 6) is 0.811. The molecule has 0 saturated carbocycles. The van der Waals surface area contributed by atoms with Crippen LogP contribution in [0.4, 0.5) is 0 Å². The van der Waals surface area contributed by atoms with Crippen molar-refractivity contribution in [2.45, 2.75) is 53.8 Å². The molecular weight excluding hydrogens is 461 g/mol. The van der Waals surface area contributed by atoms with Crippen molar-refractivity contribution in [1.82, 2.24) is 0 Å². The van der Waals surface area contributed by atoms with E-state index in [0.29, 0.717) is 6.04 Å². The van der Waals surface area contributed by atoms with Gasteiger partial charge in [-0.1, -0.05) is 0 Å². The molecular formula is C21H31NOSSiSn. The molecule has 1 aromatic heterocycles. The molecule has 0 N–H and O–H groups in total. The van der Waals surface area contributed by atoms with Crippen molar-refractivity contribution >= 4 is 51.1 Å². The second-order valence-electron chi connectivity index (χ2n) is 9.24. The first-order valence-corrected chi connectivity index (χ1v) is 23.9. The molecule has 5 heteroatoms. The minimum atomic E-state index is -2.06. The summed E-state index contributed by atoms with van der Waals surface area (Å²) in [6.45, 7) is 10.3. The van der Waals surface area contributed by atoms with Gasteiger partial charge >= 0.3 is 168 Å². The summed E-state index contributed by atoms with van der Waals surface area (Å²) < 4.78 is 9.11. The van der Waals surface area contributed by atoms with Crippen molar-refractivity contribution in [2.75, 3.05) is 6.61 Å². The van der Waals surface area contributed by atoms with Crippen LogP contribution in [-0.4, -0.2) is 45.0 Å². The first-order valence-electron chi connectivity index (χ1n) is 9.56. The molecule has 0 bridgehead atoms. The van der Waals surface area contributed by atoms with Crippen LogP contribution in [-0.2, 0) is 4.74 Å². The number of hydrogen-bond acceptors (Lipinski definition) is 3. The third-order valence-corrected chi connectivity index (χ3v) is 18.9. The van der Waals surface area contributed by atoms with E-state index in [4.69, 9.17) is 4.74 Å². The number of rotatable bonds is 5. The maximum absolute atomic E-state index is 5.78. The molecule has 0 aliphatic carbocycles. The predicted molar refractivity (Wildman–Crippen MR) is 122 cm³/mol. The molecule has 1 aliphatic heterocycles. The van der Waals surface area contributed by atoms with Crippen LogP contribution in [0.1, 0.15) is 18.9 Å². The summed E-state index contributed by atoms with van der Waals surface area (Å²) in [7, 11) is -1.37. The van der Waals surface area contributed by atoms with Crippen molar-refractivity contribution in [3.05, 3.63) is 35.9 Å². The van der Waals surface area contributed by atoms with Crippen LogP contribution in [0, 0.1) is 0 Å². The van der Waals surface area contributed by atoms with Crippen LogP contribution in [0.3, 0.4) is 0 Å². The molecule has 0 saturated heterocycles. The summed E-state index contributed by atoms with van der Waals surface area (Å²) in [6, 6.07) is 11.7. The van der Waals surface area contributed by atoms with E-state index in [1.54, 1.807) is 7.39 Å². The van der Waals surface area contributed by atoms with Gasteiger partial charge < -0.3 is 0 Å². The Morgan fingerprint density at radius 2 is 1.73 bits per heavy atom. The van der Waals surface area contributed by atoms with Crippen LogP contribution in [0.15, 0.2) is 35.3 Å². The molecule has 1 aromatic carbocycles. The predicted octanol–water partition coefficient (Wildman–Crippen LogP) is 5.06. The Balaban J connectivity index is 1.98. The van der Waals surface area contributed by atoms with Gasteiger partial charge in [-0.2, -0.15) is 0 Å². The quantitative estimate of drug-likeness (QED) is 0.535. The fraction of sp³-hybridized carbons (Fsp3) is 0.476. The molecule has 0 radical (unpaired) electrons. The fourth-order valence-electron chi connectivity index (χ4n) is 3.11. The normalized spacial score (nSPS) is 18.0. The van der Waals surface area contributed by atoms with Crippen LogP contribution in [0.2, 0.25) is 34.5 Å². The summed E-state index contributed by atoms with van der Waals surface area (Å²) in [6.07, 6.45) is 1.04. The van der Waals surface area contributed by atoms with Gasteiger partial charge in [0.2, 0.25) is 0 Å².